The molecule has 0 aliphatic heterocycles. The maximum Gasteiger partial charge on any atom is 0.329 e. The fourth-order valence-corrected chi connectivity index (χ4v) is 1.94. The molecule has 126 valence electrons. The standard InChI is InChI=1S/C19H17N3O3/c1-3-12-25-17-11-7-5-9-15(17)13-20-22-19(24)18(23)21-16-10-6-4-8-14(16)2/h1,4-11,13H,12H2,2H3,(H,21,23)(H,22,24)/b20-13+. The molecule has 0 saturated carbocycles. The first-order chi connectivity index (χ1) is 12.1. The Bertz CT molecular complexity index is 838. The topological polar surface area (TPSA) is 79.8 Å². The molecule has 0 aliphatic carbocycles. The molecule has 0 saturated heterocycles. The number of nitrogens with zero attached hydrogens (tertiary/aromatic N) is 1. The largest absolute Gasteiger partial charge is 0.480 e. The highest BCUT2D eigenvalue weighted by Gasteiger charge is 2.13. The number of para-hydroxylation sites is 2. The molecule has 0 aliphatic rings. The molecule has 0 heterocycles. The van der Waals surface area contributed by atoms with E-state index < -0.39 is 11.8 Å². The summed E-state index contributed by atoms with van der Waals surface area (Å²) in [6, 6.07) is 14.2. The lowest BCUT2D eigenvalue weighted by Gasteiger charge is -2.07. The normalized spacial score (nSPS) is 10.1. The van der Waals surface area contributed by atoms with E-state index in [1.54, 1.807) is 36.4 Å². The van der Waals surface area contributed by atoms with Gasteiger partial charge in [-0.05, 0) is 30.7 Å². The van der Waals surface area contributed by atoms with E-state index in [0.29, 0.717) is 17.0 Å². The molecule has 25 heavy (non-hydrogen) atoms. The molecular weight excluding hydrogens is 318 g/mol. The van der Waals surface area contributed by atoms with E-state index in [1.165, 1.54) is 6.21 Å². The van der Waals surface area contributed by atoms with E-state index in [9.17, 15) is 9.59 Å². The maximum absolute atomic E-state index is 11.9. The lowest BCUT2D eigenvalue weighted by molar-refractivity contribution is -0.136. The third-order valence-corrected chi connectivity index (χ3v) is 3.20. The first-order valence-corrected chi connectivity index (χ1v) is 7.47. The number of terminal acetylenes is 1. The number of nitrogens with one attached hydrogen (secondary N) is 2. The number of hydrazone groups is 1. The fourth-order valence-electron chi connectivity index (χ4n) is 1.94. The van der Waals surface area contributed by atoms with E-state index >= 15 is 0 Å². The minimum atomic E-state index is -0.874. The van der Waals surface area contributed by atoms with Gasteiger partial charge in [0.2, 0.25) is 0 Å². The summed E-state index contributed by atoms with van der Waals surface area (Å²) in [5, 5.41) is 6.30. The minimum Gasteiger partial charge on any atom is -0.480 e. The molecule has 2 N–H and O–H groups in total. The van der Waals surface area contributed by atoms with Crippen molar-refractivity contribution in [2.75, 3.05) is 11.9 Å². The van der Waals surface area contributed by atoms with Crippen LogP contribution in [-0.4, -0.2) is 24.6 Å². The number of carbonyl (C=O) groups excluding carboxylic acids is 2. The van der Waals surface area contributed by atoms with Crippen LogP contribution in [0.1, 0.15) is 11.1 Å². The van der Waals surface area contributed by atoms with Gasteiger partial charge in [-0.2, -0.15) is 5.10 Å². The Kier molecular flexibility index (Phi) is 6.32. The van der Waals surface area contributed by atoms with Gasteiger partial charge in [0.1, 0.15) is 12.4 Å². The van der Waals surface area contributed by atoms with E-state index in [1.807, 2.05) is 19.1 Å². The SMILES string of the molecule is C#CCOc1ccccc1/C=N/NC(=O)C(=O)Nc1ccccc1C. The Hall–Kier alpha value is -3.59. The molecule has 0 unspecified atom stereocenters. The third kappa shape index (κ3) is 5.22. The lowest BCUT2D eigenvalue weighted by atomic mass is 10.2. The lowest BCUT2D eigenvalue weighted by Crippen LogP contribution is -2.32. The van der Waals surface area contributed by atoms with Gasteiger partial charge < -0.3 is 10.1 Å². The highest BCUT2D eigenvalue weighted by atomic mass is 16.5. The first-order valence-electron chi connectivity index (χ1n) is 7.47. The Morgan fingerprint density at radius 3 is 2.64 bits per heavy atom. The van der Waals surface area contributed by atoms with Crippen LogP contribution in [0.25, 0.3) is 0 Å². The molecular formula is C19H17N3O3. The molecule has 6 heteroatoms. The number of carbonyl (C=O) groups is 2. The molecule has 6 nitrogen and oxygen atoms in total. The van der Waals surface area contributed by atoms with Crippen molar-refractivity contribution in [2.24, 2.45) is 5.10 Å². The summed E-state index contributed by atoms with van der Waals surface area (Å²) in [5.74, 6) is 1.23. The van der Waals surface area contributed by atoms with Crippen LogP contribution in [0.15, 0.2) is 53.6 Å². The second-order valence-electron chi connectivity index (χ2n) is 5.00. The van der Waals surface area contributed by atoms with Crippen LogP contribution in [0.4, 0.5) is 5.69 Å². The van der Waals surface area contributed by atoms with Gasteiger partial charge in [0.25, 0.3) is 0 Å². The van der Waals surface area contributed by atoms with Crippen LogP contribution in [-0.2, 0) is 9.59 Å². The van der Waals surface area contributed by atoms with Crippen molar-refractivity contribution in [1.82, 2.24) is 5.43 Å². The van der Waals surface area contributed by atoms with Crippen molar-refractivity contribution in [3.05, 3.63) is 59.7 Å². The van der Waals surface area contributed by atoms with E-state index in [-0.39, 0.29) is 6.61 Å². The summed E-state index contributed by atoms with van der Waals surface area (Å²) in [4.78, 5) is 23.7. The third-order valence-electron chi connectivity index (χ3n) is 3.20. The fraction of sp³-hybridized carbons (Fsp3) is 0.105. The molecule has 0 bridgehead atoms. The summed E-state index contributed by atoms with van der Waals surface area (Å²) < 4.78 is 5.36. The molecule has 0 spiro atoms. The number of anilines is 1. The molecule has 0 fully saturated rings. The van der Waals surface area contributed by atoms with Crippen LogP contribution >= 0.6 is 0 Å². The van der Waals surface area contributed by atoms with Crippen molar-refractivity contribution in [3.8, 4) is 18.1 Å². The van der Waals surface area contributed by atoms with Crippen molar-refractivity contribution in [1.29, 1.82) is 0 Å². The highest BCUT2D eigenvalue weighted by Crippen LogP contribution is 2.15. The van der Waals surface area contributed by atoms with Crippen LogP contribution in [0.2, 0.25) is 0 Å². The van der Waals surface area contributed by atoms with Gasteiger partial charge in [-0.25, -0.2) is 5.43 Å². The molecule has 0 aromatic heterocycles. The Labute approximate surface area is 145 Å². The maximum atomic E-state index is 11.9. The molecule has 2 aromatic carbocycles. The Balaban J connectivity index is 1.95. The molecule has 2 aromatic rings. The van der Waals surface area contributed by atoms with Gasteiger partial charge in [0.05, 0.1) is 6.21 Å². The van der Waals surface area contributed by atoms with Gasteiger partial charge >= 0.3 is 11.8 Å². The predicted molar refractivity (Wildman–Crippen MR) is 96.3 cm³/mol. The van der Waals surface area contributed by atoms with Gasteiger partial charge in [-0.3, -0.25) is 9.59 Å². The van der Waals surface area contributed by atoms with Crippen molar-refractivity contribution < 1.29 is 14.3 Å². The van der Waals surface area contributed by atoms with Gasteiger partial charge in [-0.1, -0.05) is 36.3 Å². The Morgan fingerprint density at radius 2 is 1.88 bits per heavy atom. The summed E-state index contributed by atoms with van der Waals surface area (Å²) >= 11 is 0. The number of ether oxygens (including phenoxy) is 1. The summed E-state index contributed by atoms with van der Waals surface area (Å²) in [5.41, 5.74) is 4.22. The van der Waals surface area contributed by atoms with Crippen molar-refractivity contribution >= 4 is 23.7 Å². The number of benzene rings is 2. The first kappa shape index (κ1) is 17.8. The van der Waals surface area contributed by atoms with Crippen LogP contribution in [0, 0.1) is 19.3 Å². The quantitative estimate of drug-likeness (QED) is 0.380. The number of hydrogen-bond acceptors (Lipinski definition) is 4. The predicted octanol–water partition coefficient (Wildman–Crippen LogP) is 2.10. The number of aryl methyl sites for hydroxylation is 1. The van der Waals surface area contributed by atoms with Gasteiger partial charge in [0.15, 0.2) is 0 Å². The average Bonchev–Trinajstić information content (AvgIpc) is 2.62. The van der Waals surface area contributed by atoms with Crippen molar-refractivity contribution in [3.63, 3.8) is 0 Å². The van der Waals surface area contributed by atoms with Gasteiger partial charge in [-0.15, -0.1) is 6.42 Å². The number of rotatable bonds is 5. The number of hydrogen-bond donors (Lipinski definition) is 2. The average molecular weight is 335 g/mol. The summed E-state index contributed by atoms with van der Waals surface area (Å²) in [7, 11) is 0. The zero-order valence-corrected chi connectivity index (χ0v) is 13.7. The van der Waals surface area contributed by atoms with Crippen molar-refractivity contribution in [2.45, 2.75) is 6.92 Å². The minimum absolute atomic E-state index is 0.121. The monoisotopic (exact) mass is 335 g/mol. The van der Waals surface area contributed by atoms with Crippen LogP contribution < -0.4 is 15.5 Å². The molecule has 2 rings (SSSR count). The highest BCUT2D eigenvalue weighted by molar-refractivity contribution is 6.39. The number of amides is 2. The smallest absolute Gasteiger partial charge is 0.329 e. The van der Waals surface area contributed by atoms with E-state index in [2.05, 4.69) is 21.8 Å². The van der Waals surface area contributed by atoms with Gasteiger partial charge in [0, 0.05) is 11.3 Å². The molecule has 0 atom stereocenters. The van der Waals surface area contributed by atoms with Crippen LogP contribution in [0.3, 0.4) is 0 Å². The van der Waals surface area contributed by atoms with E-state index in [0.717, 1.165) is 5.56 Å². The second-order valence-corrected chi connectivity index (χ2v) is 5.00. The summed E-state index contributed by atoms with van der Waals surface area (Å²) in [6.45, 7) is 1.95. The van der Waals surface area contributed by atoms with Crippen LogP contribution in [0.5, 0.6) is 5.75 Å². The molecule has 0 radical (unpaired) electrons. The second kappa shape index (κ2) is 8.89. The van der Waals surface area contributed by atoms with E-state index in [4.69, 9.17) is 11.2 Å². The summed E-state index contributed by atoms with van der Waals surface area (Å²) in [6.07, 6.45) is 6.54. The molecule has 2 amide bonds. The Morgan fingerprint density at radius 1 is 1.16 bits per heavy atom. The zero-order chi connectivity index (χ0) is 18.1. The zero-order valence-electron chi connectivity index (χ0n) is 13.7.